The van der Waals surface area contributed by atoms with E-state index in [2.05, 4.69) is 34.9 Å². The first-order chi connectivity index (χ1) is 20.0. The van der Waals surface area contributed by atoms with Gasteiger partial charge in [0.2, 0.25) is 0 Å². The number of furan rings is 1. The maximum atomic E-state index is 10.6. The molecule has 0 amide bonds. The maximum absolute atomic E-state index is 10.6. The van der Waals surface area contributed by atoms with Crippen LogP contribution in [0.4, 0.5) is 39.5 Å². The van der Waals surface area contributed by atoms with Crippen molar-refractivity contribution >= 4 is 17.9 Å². The first-order valence-corrected chi connectivity index (χ1v) is 12.6. The monoisotopic (exact) mass is 663 g/mol. The van der Waals surface area contributed by atoms with Gasteiger partial charge in [-0.3, -0.25) is 9.80 Å². The second kappa shape index (κ2) is 18.0. The van der Waals surface area contributed by atoms with Gasteiger partial charge in [-0.2, -0.15) is 39.5 Å². The largest absolute Gasteiger partial charge is 0.490 e. The van der Waals surface area contributed by atoms with Gasteiger partial charge in [-0.1, -0.05) is 0 Å². The minimum atomic E-state index is -5.08. The topological polar surface area (TPSA) is 144 Å². The second-order valence-corrected chi connectivity index (χ2v) is 9.90. The van der Waals surface area contributed by atoms with Crippen LogP contribution in [0, 0.1) is 5.41 Å². The lowest BCUT2D eigenvalue weighted by atomic mass is 9.78. The Kier molecular flexibility index (Phi) is 16.7. The molecular weight excluding hydrogens is 629 g/mol. The Morgan fingerprint density at radius 3 is 1.66 bits per heavy atom. The average Bonchev–Trinajstić information content (AvgIpc) is 3.31. The Morgan fingerprint density at radius 1 is 0.841 bits per heavy atom. The predicted molar refractivity (Wildman–Crippen MR) is 133 cm³/mol. The van der Waals surface area contributed by atoms with Crippen molar-refractivity contribution in [3.8, 4) is 0 Å². The maximum Gasteiger partial charge on any atom is 0.490 e. The van der Waals surface area contributed by atoms with Crippen LogP contribution in [0.3, 0.4) is 0 Å². The van der Waals surface area contributed by atoms with Crippen LogP contribution in [0.15, 0.2) is 22.8 Å². The molecule has 256 valence electrons. The number of carbonyl (C=O) groups is 3. The summed E-state index contributed by atoms with van der Waals surface area (Å²) < 4.78 is 107. The molecule has 2 fully saturated rings. The lowest BCUT2D eigenvalue weighted by Gasteiger charge is -2.42. The molecule has 3 N–H and O–H groups in total. The number of ether oxygens (including phenoxy) is 1. The summed E-state index contributed by atoms with van der Waals surface area (Å²) in [4.78, 5) is 34.1. The van der Waals surface area contributed by atoms with Crippen LogP contribution in [0.2, 0.25) is 0 Å². The first kappa shape index (κ1) is 40.9. The fourth-order valence-electron chi connectivity index (χ4n) is 3.72. The van der Waals surface area contributed by atoms with Crippen LogP contribution in [-0.4, -0.2) is 133 Å². The summed E-state index contributed by atoms with van der Waals surface area (Å²) in [7, 11) is 4.30. The molecule has 0 radical (unpaired) electrons. The van der Waals surface area contributed by atoms with E-state index in [1.54, 1.807) is 6.26 Å². The Labute approximate surface area is 245 Å². The van der Waals surface area contributed by atoms with Crippen molar-refractivity contribution in [1.29, 1.82) is 0 Å². The summed E-state index contributed by atoms with van der Waals surface area (Å²) in [5.41, 5.74) is 0.350. The number of nitrogens with zero attached hydrogens (tertiary/aromatic N) is 3. The van der Waals surface area contributed by atoms with Gasteiger partial charge in [-0.25, -0.2) is 14.4 Å². The summed E-state index contributed by atoms with van der Waals surface area (Å²) in [6, 6.07) is 4.05. The van der Waals surface area contributed by atoms with Gasteiger partial charge in [-0.15, -0.1) is 0 Å². The Bertz CT molecular complexity index is 935. The molecule has 0 atom stereocenters. The molecule has 2 aliphatic heterocycles. The van der Waals surface area contributed by atoms with Gasteiger partial charge in [0, 0.05) is 31.6 Å². The molecule has 0 aromatic carbocycles. The third-order valence-electron chi connectivity index (χ3n) is 5.99. The van der Waals surface area contributed by atoms with Gasteiger partial charge in [-0.05, 0) is 52.2 Å². The quantitative estimate of drug-likeness (QED) is 0.397. The van der Waals surface area contributed by atoms with Gasteiger partial charge in [0.1, 0.15) is 5.76 Å². The van der Waals surface area contributed by atoms with Crippen LogP contribution < -0.4 is 0 Å². The Morgan fingerprint density at radius 2 is 1.30 bits per heavy atom. The number of hydrogen-bond acceptors (Lipinski definition) is 8. The molecule has 0 bridgehead atoms. The van der Waals surface area contributed by atoms with Crippen LogP contribution in [0.1, 0.15) is 18.6 Å². The summed E-state index contributed by atoms with van der Waals surface area (Å²) in [6.45, 7) is 9.58. The fraction of sp³-hybridized carbons (Fsp3) is 0.708. The lowest BCUT2D eigenvalue weighted by molar-refractivity contribution is -0.193. The molecule has 1 aromatic rings. The number of halogens is 9. The van der Waals surface area contributed by atoms with Crippen LogP contribution in [0.25, 0.3) is 0 Å². The summed E-state index contributed by atoms with van der Waals surface area (Å²) in [6.07, 6.45) is -11.0. The number of alkyl halides is 9. The second-order valence-electron chi connectivity index (χ2n) is 9.90. The number of likely N-dealkylation sites (N-methyl/N-ethyl adjacent to an activating group) is 1. The van der Waals surface area contributed by atoms with Gasteiger partial charge in [0.25, 0.3) is 0 Å². The molecule has 11 nitrogen and oxygen atoms in total. The normalized spacial score (nSPS) is 17.6. The van der Waals surface area contributed by atoms with E-state index in [1.807, 2.05) is 6.07 Å². The number of carboxylic acid groups (broad SMARTS) is 3. The molecule has 3 rings (SSSR count). The van der Waals surface area contributed by atoms with E-state index in [1.165, 1.54) is 19.4 Å². The van der Waals surface area contributed by atoms with Crippen molar-refractivity contribution in [2.45, 2.75) is 37.9 Å². The van der Waals surface area contributed by atoms with E-state index in [0.717, 1.165) is 58.2 Å². The number of rotatable bonds is 5. The van der Waals surface area contributed by atoms with E-state index in [4.69, 9.17) is 38.9 Å². The molecule has 1 spiro atoms. The van der Waals surface area contributed by atoms with E-state index >= 15 is 0 Å². The van der Waals surface area contributed by atoms with Crippen LogP contribution in [0.5, 0.6) is 0 Å². The average molecular weight is 664 g/mol. The summed E-state index contributed by atoms with van der Waals surface area (Å²) in [5.74, 6) is -7.20. The van der Waals surface area contributed by atoms with Gasteiger partial charge < -0.3 is 29.4 Å². The molecule has 3 heterocycles. The SMILES string of the molecule is CN(C)CCN1CCOCC2(CCN(Cc3ccco3)CC2)C1.O=C(O)C(F)(F)F.O=C(O)C(F)(F)F.O=C(O)C(F)(F)F. The standard InChI is InChI=1S/C18H31N3O2.3C2HF3O2/c1-19(2)9-10-21-11-13-22-16-18(15-21)5-7-20(8-6-18)14-17-4-3-12-23-17;3*3-2(4,5)1(6)7/h3-4,12H,5-11,13-16H2,1-2H3;3*(H,6,7). The highest BCUT2D eigenvalue weighted by Gasteiger charge is 2.40. The van der Waals surface area contributed by atoms with E-state index in [9.17, 15) is 39.5 Å². The smallest absolute Gasteiger partial charge is 0.475 e. The zero-order valence-corrected chi connectivity index (χ0v) is 23.6. The first-order valence-electron chi connectivity index (χ1n) is 12.6. The molecule has 2 saturated heterocycles. The van der Waals surface area contributed by atoms with Gasteiger partial charge in [0.05, 0.1) is 26.0 Å². The van der Waals surface area contributed by atoms with Crippen molar-refractivity contribution in [3.05, 3.63) is 24.2 Å². The molecule has 0 saturated carbocycles. The van der Waals surface area contributed by atoms with Crippen molar-refractivity contribution < 1.29 is 78.4 Å². The van der Waals surface area contributed by atoms with Crippen molar-refractivity contribution in [2.24, 2.45) is 5.41 Å². The fourth-order valence-corrected chi connectivity index (χ4v) is 3.72. The highest BCUT2D eigenvalue weighted by Crippen LogP contribution is 2.34. The third-order valence-corrected chi connectivity index (χ3v) is 5.99. The molecule has 1 aromatic heterocycles. The summed E-state index contributed by atoms with van der Waals surface area (Å²) in [5, 5.41) is 21.4. The van der Waals surface area contributed by atoms with Crippen molar-refractivity contribution in [3.63, 3.8) is 0 Å². The summed E-state index contributed by atoms with van der Waals surface area (Å²) >= 11 is 0. The molecule has 0 aliphatic carbocycles. The van der Waals surface area contributed by atoms with Crippen LogP contribution in [-0.2, 0) is 25.7 Å². The Balaban J connectivity index is 0.000000721. The van der Waals surface area contributed by atoms with E-state index in [-0.39, 0.29) is 0 Å². The van der Waals surface area contributed by atoms with Crippen LogP contribution >= 0.6 is 0 Å². The minimum absolute atomic E-state index is 0.350. The number of carboxylic acids is 3. The molecule has 44 heavy (non-hydrogen) atoms. The minimum Gasteiger partial charge on any atom is -0.475 e. The number of piperidine rings is 1. The predicted octanol–water partition coefficient (Wildman–Crippen LogP) is 3.66. The van der Waals surface area contributed by atoms with E-state index < -0.39 is 36.4 Å². The zero-order valence-electron chi connectivity index (χ0n) is 23.6. The third kappa shape index (κ3) is 17.9. The lowest BCUT2D eigenvalue weighted by Crippen LogP contribution is -2.47. The molecular formula is C24H34F9N3O8. The van der Waals surface area contributed by atoms with E-state index in [0.29, 0.717) is 5.41 Å². The molecule has 20 heteroatoms. The van der Waals surface area contributed by atoms with Crippen molar-refractivity contribution in [1.82, 2.24) is 14.7 Å². The van der Waals surface area contributed by atoms with Gasteiger partial charge in [0.15, 0.2) is 0 Å². The number of likely N-dealkylation sites (tertiary alicyclic amines) is 1. The molecule has 0 unspecified atom stereocenters. The highest BCUT2D eigenvalue weighted by atomic mass is 19.4. The molecule has 2 aliphatic rings. The number of hydrogen-bond donors (Lipinski definition) is 3. The van der Waals surface area contributed by atoms with Gasteiger partial charge >= 0.3 is 36.4 Å². The highest BCUT2D eigenvalue weighted by molar-refractivity contribution is 5.73. The zero-order chi connectivity index (χ0) is 34.4. The van der Waals surface area contributed by atoms with Crippen molar-refractivity contribution in [2.75, 3.05) is 66.6 Å². The number of aliphatic carboxylic acids is 3. The Hall–Kier alpha value is -3.10.